The Hall–Kier alpha value is -0.640. The molecule has 0 heterocycles. The van der Waals surface area contributed by atoms with Crippen LogP contribution >= 0.6 is 0 Å². The molecule has 1 atom stereocenters. The highest BCUT2D eigenvalue weighted by atomic mass is 19.1. The number of alkyl halides is 1. The molecule has 0 aliphatic heterocycles. The van der Waals surface area contributed by atoms with Crippen LogP contribution in [0.25, 0.3) is 0 Å². The number of nitrogens with two attached hydrogens (primary N) is 1. The molecule has 2 N–H and O–H groups in total. The van der Waals surface area contributed by atoms with Crippen molar-refractivity contribution in [2.75, 3.05) is 19.8 Å². The zero-order valence-electron chi connectivity index (χ0n) is 6.68. The number of hydrogen-bond donors (Lipinski definition) is 1. The van der Waals surface area contributed by atoms with Crippen LogP contribution in [0.4, 0.5) is 4.39 Å². The van der Waals surface area contributed by atoms with Crippen LogP contribution in [0.3, 0.4) is 0 Å². The molecule has 0 aliphatic rings. The first-order chi connectivity index (χ1) is 5.24. The van der Waals surface area contributed by atoms with Crippen molar-refractivity contribution in [1.82, 2.24) is 0 Å². The predicted octanol–water partition coefficient (Wildman–Crippen LogP) is 0.484. The maximum atomic E-state index is 12.0. The maximum Gasteiger partial charge on any atom is 0.306 e. The van der Waals surface area contributed by atoms with Crippen LogP contribution in [-0.2, 0) is 9.53 Å². The first-order valence-electron chi connectivity index (χ1n) is 3.66. The van der Waals surface area contributed by atoms with Gasteiger partial charge in [-0.1, -0.05) is 0 Å². The van der Waals surface area contributed by atoms with Gasteiger partial charge < -0.3 is 10.5 Å². The molecule has 0 amide bonds. The average molecular weight is 163 g/mol. The molecule has 0 spiro atoms. The predicted molar refractivity (Wildman–Crippen MR) is 39.8 cm³/mol. The highest BCUT2D eigenvalue weighted by Gasteiger charge is 2.12. The molecular weight excluding hydrogens is 149 g/mol. The Labute approximate surface area is 65.7 Å². The van der Waals surface area contributed by atoms with Gasteiger partial charge in [-0.2, -0.15) is 0 Å². The first kappa shape index (κ1) is 10.4. The molecule has 0 saturated heterocycles. The summed E-state index contributed by atoms with van der Waals surface area (Å²) < 4.78 is 16.6. The molecule has 1 unspecified atom stereocenters. The molecule has 11 heavy (non-hydrogen) atoms. The van der Waals surface area contributed by atoms with E-state index in [9.17, 15) is 9.18 Å². The molecule has 66 valence electrons. The van der Waals surface area contributed by atoms with E-state index in [1.54, 1.807) is 6.92 Å². The van der Waals surface area contributed by atoms with Gasteiger partial charge in [-0.05, 0) is 13.5 Å². The third kappa shape index (κ3) is 4.72. The summed E-state index contributed by atoms with van der Waals surface area (Å²) in [5.74, 6) is -0.755. The summed E-state index contributed by atoms with van der Waals surface area (Å²) in [6, 6.07) is 0. The molecule has 0 aliphatic carbocycles. The lowest BCUT2D eigenvalue weighted by molar-refractivity contribution is -0.144. The lowest BCUT2D eigenvalue weighted by Gasteiger charge is -2.08. The fourth-order valence-corrected chi connectivity index (χ4v) is 0.656. The van der Waals surface area contributed by atoms with Crippen LogP contribution < -0.4 is 5.73 Å². The quantitative estimate of drug-likeness (QED) is 0.600. The minimum absolute atomic E-state index is 0.0842. The molecule has 0 bridgehead atoms. The summed E-state index contributed by atoms with van der Waals surface area (Å²) in [6.07, 6.45) is 0.0842. The number of hydrogen-bond acceptors (Lipinski definition) is 3. The van der Waals surface area contributed by atoms with Gasteiger partial charge in [0.2, 0.25) is 0 Å². The summed E-state index contributed by atoms with van der Waals surface area (Å²) in [4.78, 5) is 10.7. The number of esters is 1. The van der Waals surface area contributed by atoms with Gasteiger partial charge in [0.15, 0.2) is 0 Å². The average Bonchev–Trinajstić information content (AvgIpc) is 2.01. The van der Waals surface area contributed by atoms with Crippen LogP contribution in [0.1, 0.15) is 13.3 Å². The van der Waals surface area contributed by atoms with Gasteiger partial charge in [0.25, 0.3) is 0 Å². The fourth-order valence-electron chi connectivity index (χ4n) is 0.656. The van der Waals surface area contributed by atoms with Crippen LogP contribution in [0, 0.1) is 5.92 Å². The molecule has 0 aromatic rings. The van der Waals surface area contributed by atoms with Crippen molar-refractivity contribution >= 4 is 5.97 Å². The third-order valence-corrected chi connectivity index (χ3v) is 1.31. The Balaban J connectivity index is 3.54. The van der Waals surface area contributed by atoms with Crippen molar-refractivity contribution in [2.24, 2.45) is 11.7 Å². The molecular formula is C7H14FNO2. The monoisotopic (exact) mass is 163 g/mol. The Bertz CT molecular complexity index is 115. The second-order valence-corrected chi connectivity index (χ2v) is 2.27. The molecule has 0 rings (SSSR count). The Morgan fingerprint density at radius 1 is 1.73 bits per heavy atom. The van der Waals surface area contributed by atoms with Crippen molar-refractivity contribution in [2.45, 2.75) is 13.3 Å². The van der Waals surface area contributed by atoms with Gasteiger partial charge in [0.1, 0.15) is 0 Å². The van der Waals surface area contributed by atoms with Gasteiger partial charge in [-0.3, -0.25) is 9.18 Å². The smallest absolute Gasteiger partial charge is 0.306 e. The van der Waals surface area contributed by atoms with Gasteiger partial charge in [0, 0.05) is 5.92 Å². The van der Waals surface area contributed by atoms with E-state index in [1.807, 2.05) is 0 Å². The topological polar surface area (TPSA) is 52.3 Å². The minimum Gasteiger partial charge on any atom is -0.466 e. The van der Waals surface area contributed by atoms with E-state index in [-0.39, 0.29) is 24.9 Å². The second-order valence-electron chi connectivity index (χ2n) is 2.27. The van der Waals surface area contributed by atoms with E-state index >= 15 is 0 Å². The fraction of sp³-hybridized carbons (Fsp3) is 0.857. The highest BCUT2D eigenvalue weighted by Crippen LogP contribution is 2.02. The van der Waals surface area contributed by atoms with E-state index in [0.29, 0.717) is 6.61 Å². The van der Waals surface area contributed by atoms with E-state index < -0.39 is 6.67 Å². The minimum atomic E-state index is -0.560. The summed E-state index contributed by atoms with van der Waals surface area (Å²) in [5, 5.41) is 0. The number of carbonyl (C=O) groups is 1. The van der Waals surface area contributed by atoms with E-state index in [2.05, 4.69) is 4.74 Å². The number of halogens is 1. The second kappa shape index (κ2) is 6.09. The van der Waals surface area contributed by atoms with Crippen molar-refractivity contribution in [3.05, 3.63) is 0 Å². The largest absolute Gasteiger partial charge is 0.466 e. The van der Waals surface area contributed by atoms with Crippen molar-refractivity contribution in [1.29, 1.82) is 0 Å². The molecule has 0 fully saturated rings. The van der Waals surface area contributed by atoms with Gasteiger partial charge in [-0.25, -0.2) is 0 Å². The zero-order valence-corrected chi connectivity index (χ0v) is 6.68. The lowest BCUT2D eigenvalue weighted by Crippen LogP contribution is -2.21. The van der Waals surface area contributed by atoms with Crippen molar-refractivity contribution in [3.63, 3.8) is 0 Å². The highest BCUT2D eigenvalue weighted by molar-refractivity contribution is 5.69. The summed E-state index contributed by atoms with van der Waals surface area (Å²) >= 11 is 0. The number of ether oxygens (including phenoxy) is 1. The normalized spacial score (nSPS) is 12.6. The molecule has 0 aromatic heterocycles. The molecule has 3 nitrogen and oxygen atoms in total. The van der Waals surface area contributed by atoms with E-state index in [0.717, 1.165) is 0 Å². The Kier molecular flexibility index (Phi) is 5.74. The Morgan fingerprint density at radius 3 is 2.73 bits per heavy atom. The maximum absolute atomic E-state index is 12.0. The molecule has 0 saturated carbocycles. The lowest BCUT2D eigenvalue weighted by atomic mass is 10.1. The SMILES string of the molecule is CCOC(=O)CC(CN)CF. The van der Waals surface area contributed by atoms with Crippen molar-refractivity contribution < 1.29 is 13.9 Å². The van der Waals surface area contributed by atoms with E-state index in [1.165, 1.54) is 0 Å². The molecule has 4 heteroatoms. The van der Waals surface area contributed by atoms with Crippen molar-refractivity contribution in [3.8, 4) is 0 Å². The van der Waals surface area contributed by atoms with Crippen LogP contribution in [0.5, 0.6) is 0 Å². The standard InChI is InChI=1S/C7H14FNO2/c1-2-11-7(10)3-6(4-8)5-9/h6H,2-5,9H2,1H3. The van der Waals surface area contributed by atoms with Crippen LogP contribution in [0.15, 0.2) is 0 Å². The van der Waals surface area contributed by atoms with E-state index in [4.69, 9.17) is 5.73 Å². The number of carbonyl (C=O) groups excluding carboxylic acids is 1. The summed E-state index contributed by atoms with van der Waals surface area (Å²) in [5.41, 5.74) is 5.18. The van der Waals surface area contributed by atoms with Gasteiger partial charge >= 0.3 is 5.97 Å². The first-order valence-corrected chi connectivity index (χ1v) is 3.66. The summed E-state index contributed by atoms with van der Waals surface area (Å²) in [6.45, 7) is 1.68. The van der Waals surface area contributed by atoms with Crippen LogP contribution in [0.2, 0.25) is 0 Å². The molecule has 0 aromatic carbocycles. The third-order valence-electron chi connectivity index (χ3n) is 1.31. The summed E-state index contributed by atoms with van der Waals surface area (Å²) in [7, 11) is 0. The van der Waals surface area contributed by atoms with Gasteiger partial charge in [-0.15, -0.1) is 0 Å². The number of rotatable bonds is 5. The zero-order chi connectivity index (χ0) is 8.69. The van der Waals surface area contributed by atoms with Gasteiger partial charge in [0.05, 0.1) is 19.7 Å². The van der Waals surface area contributed by atoms with Crippen LogP contribution in [-0.4, -0.2) is 25.8 Å². The Morgan fingerprint density at radius 2 is 2.36 bits per heavy atom. The molecule has 0 radical (unpaired) electrons.